The summed E-state index contributed by atoms with van der Waals surface area (Å²) in [5, 5.41) is 10.7. The summed E-state index contributed by atoms with van der Waals surface area (Å²) in [5.74, 6) is 0. The second-order valence-corrected chi connectivity index (χ2v) is 5.26. The number of allylic oxidation sites excluding steroid dienone is 5. The smallest absolute Gasteiger partial charge is 0.246 e. The van der Waals surface area contributed by atoms with E-state index in [-0.39, 0.29) is 10.6 Å². The summed E-state index contributed by atoms with van der Waals surface area (Å²) in [6, 6.07) is 0. The Morgan fingerprint density at radius 1 is 0.955 bits per heavy atom. The number of aldehydes is 1. The first-order chi connectivity index (χ1) is 10.7. The van der Waals surface area contributed by atoms with Gasteiger partial charge in [-0.1, -0.05) is 50.5 Å². The van der Waals surface area contributed by atoms with Crippen molar-refractivity contribution in [2.24, 2.45) is 0 Å². The number of rotatable bonds is 14. The van der Waals surface area contributed by atoms with Gasteiger partial charge in [0, 0.05) is 6.42 Å². The van der Waals surface area contributed by atoms with Crippen LogP contribution >= 0.6 is 0 Å². The molecule has 4 heteroatoms. The van der Waals surface area contributed by atoms with Gasteiger partial charge in [0.25, 0.3) is 0 Å². The van der Waals surface area contributed by atoms with E-state index in [9.17, 15) is 14.9 Å². The molecule has 0 radical (unpaired) electrons. The Morgan fingerprint density at radius 2 is 1.59 bits per heavy atom. The predicted octanol–water partition coefficient (Wildman–Crippen LogP) is 5.38. The molecule has 0 aromatic heterocycles. The van der Waals surface area contributed by atoms with Gasteiger partial charge < -0.3 is 4.79 Å². The van der Waals surface area contributed by atoms with Crippen LogP contribution in [0.5, 0.6) is 0 Å². The zero-order valence-electron chi connectivity index (χ0n) is 13.7. The zero-order valence-corrected chi connectivity index (χ0v) is 13.7. The second kappa shape index (κ2) is 15.7. The first-order valence-electron chi connectivity index (χ1n) is 8.29. The summed E-state index contributed by atoms with van der Waals surface area (Å²) in [6.45, 7) is 1.90. The zero-order chi connectivity index (χ0) is 16.5. The SMILES string of the molecule is CC/C=C(/C/C=C/C/C=C/CCCCCCCC=O)[N+](=O)[O-]. The van der Waals surface area contributed by atoms with Crippen molar-refractivity contribution < 1.29 is 9.72 Å². The Hall–Kier alpha value is -1.71. The number of hydrogen-bond donors (Lipinski definition) is 0. The van der Waals surface area contributed by atoms with Crippen LogP contribution in [0.2, 0.25) is 0 Å². The lowest BCUT2D eigenvalue weighted by molar-refractivity contribution is -0.427. The molecule has 0 aliphatic rings. The third-order valence-electron chi connectivity index (χ3n) is 3.30. The summed E-state index contributed by atoms with van der Waals surface area (Å²) in [4.78, 5) is 20.5. The molecule has 0 aromatic carbocycles. The topological polar surface area (TPSA) is 60.2 Å². The average molecular weight is 307 g/mol. The van der Waals surface area contributed by atoms with Crippen LogP contribution in [0.3, 0.4) is 0 Å². The molecule has 124 valence electrons. The molecule has 0 saturated heterocycles. The Labute approximate surface area is 134 Å². The molecule has 0 heterocycles. The fourth-order valence-electron chi connectivity index (χ4n) is 2.08. The lowest BCUT2D eigenvalue weighted by Crippen LogP contribution is -1.96. The van der Waals surface area contributed by atoms with E-state index in [0.717, 1.165) is 32.0 Å². The van der Waals surface area contributed by atoms with Crippen LogP contribution in [0.15, 0.2) is 36.1 Å². The van der Waals surface area contributed by atoms with Gasteiger partial charge in [0.1, 0.15) is 6.29 Å². The third kappa shape index (κ3) is 13.3. The van der Waals surface area contributed by atoms with Crippen LogP contribution in [0.25, 0.3) is 0 Å². The molecule has 0 atom stereocenters. The maximum atomic E-state index is 10.7. The quantitative estimate of drug-likeness (QED) is 0.142. The molecule has 4 nitrogen and oxygen atoms in total. The van der Waals surface area contributed by atoms with Crippen molar-refractivity contribution in [3.63, 3.8) is 0 Å². The molecule has 0 rings (SSSR count). The molecular weight excluding hydrogens is 278 g/mol. The molecule has 22 heavy (non-hydrogen) atoms. The summed E-state index contributed by atoms with van der Waals surface area (Å²) in [7, 11) is 0. The number of carbonyl (C=O) groups is 1. The van der Waals surface area contributed by atoms with Crippen molar-refractivity contribution in [1.29, 1.82) is 0 Å². The molecule has 0 amide bonds. The molecule has 0 saturated carbocycles. The summed E-state index contributed by atoms with van der Waals surface area (Å²) in [5.41, 5.74) is 0.275. The fraction of sp³-hybridized carbons (Fsp3) is 0.611. The maximum absolute atomic E-state index is 10.7. The number of carbonyl (C=O) groups excluding carboxylic acids is 1. The molecule has 0 spiro atoms. The Balaban J connectivity index is 3.57. The third-order valence-corrected chi connectivity index (χ3v) is 3.30. The van der Waals surface area contributed by atoms with E-state index in [0.29, 0.717) is 19.3 Å². The standard InChI is InChI=1S/C18H29NO3/c1-2-15-18(19(21)22)16-13-11-9-7-5-3-4-6-8-10-12-14-17-20/h5,7,11,13,15,17H,2-4,6,8-10,12,14,16H2,1H3/b7-5+,13-11+,18-15-. The lowest BCUT2D eigenvalue weighted by Gasteiger charge is -1.97. The van der Waals surface area contributed by atoms with E-state index >= 15 is 0 Å². The summed E-state index contributed by atoms with van der Waals surface area (Å²) in [6.07, 6.45) is 20.2. The van der Waals surface area contributed by atoms with Gasteiger partial charge in [0.05, 0.1) is 11.3 Å². The minimum atomic E-state index is -0.307. The van der Waals surface area contributed by atoms with Gasteiger partial charge in [0.15, 0.2) is 0 Å². The molecule has 0 N–H and O–H groups in total. The molecular formula is C18H29NO3. The van der Waals surface area contributed by atoms with E-state index < -0.39 is 0 Å². The van der Waals surface area contributed by atoms with Crippen LogP contribution in [0.4, 0.5) is 0 Å². The van der Waals surface area contributed by atoms with Crippen molar-refractivity contribution in [1.82, 2.24) is 0 Å². The summed E-state index contributed by atoms with van der Waals surface area (Å²) >= 11 is 0. The highest BCUT2D eigenvalue weighted by Gasteiger charge is 2.05. The molecule has 0 bridgehead atoms. The molecule has 0 aliphatic heterocycles. The van der Waals surface area contributed by atoms with Gasteiger partial charge >= 0.3 is 0 Å². The van der Waals surface area contributed by atoms with E-state index in [4.69, 9.17) is 0 Å². The largest absolute Gasteiger partial charge is 0.303 e. The van der Waals surface area contributed by atoms with Gasteiger partial charge in [-0.05, 0) is 38.2 Å². The highest BCUT2D eigenvalue weighted by Crippen LogP contribution is 2.08. The minimum Gasteiger partial charge on any atom is -0.303 e. The van der Waals surface area contributed by atoms with Crippen molar-refractivity contribution in [3.8, 4) is 0 Å². The maximum Gasteiger partial charge on any atom is 0.246 e. The van der Waals surface area contributed by atoms with Crippen LogP contribution in [0.1, 0.15) is 71.1 Å². The fourth-order valence-corrected chi connectivity index (χ4v) is 2.08. The van der Waals surface area contributed by atoms with Crippen LogP contribution < -0.4 is 0 Å². The van der Waals surface area contributed by atoms with Crippen LogP contribution in [-0.2, 0) is 4.79 Å². The van der Waals surface area contributed by atoms with E-state index in [2.05, 4.69) is 12.2 Å². The number of nitro groups is 1. The Bertz CT molecular complexity index is 384. The van der Waals surface area contributed by atoms with Crippen molar-refractivity contribution >= 4 is 6.29 Å². The second-order valence-electron chi connectivity index (χ2n) is 5.26. The van der Waals surface area contributed by atoms with E-state index in [1.54, 1.807) is 6.08 Å². The molecule has 0 unspecified atom stereocenters. The normalized spacial score (nSPS) is 12.3. The molecule has 0 aromatic rings. The van der Waals surface area contributed by atoms with Gasteiger partial charge in [0.2, 0.25) is 5.70 Å². The lowest BCUT2D eigenvalue weighted by atomic mass is 10.1. The Morgan fingerprint density at radius 3 is 2.23 bits per heavy atom. The number of nitrogens with zero attached hydrogens (tertiary/aromatic N) is 1. The monoisotopic (exact) mass is 307 g/mol. The first-order valence-corrected chi connectivity index (χ1v) is 8.29. The molecule has 0 aliphatic carbocycles. The highest BCUT2D eigenvalue weighted by atomic mass is 16.6. The van der Waals surface area contributed by atoms with Gasteiger partial charge in [-0.25, -0.2) is 0 Å². The van der Waals surface area contributed by atoms with Gasteiger partial charge in [-0.3, -0.25) is 10.1 Å². The van der Waals surface area contributed by atoms with Gasteiger partial charge in [-0.2, -0.15) is 0 Å². The van der Waals surface area contributed by atoms with Crippen LogP contribution in [0, 0.1) is 10.1 Å². The highest BCUT2D eigenvalue weighted by molar-refractivity contribution is 5.48. The first kappa shape index (κ1) is 20.3. The van der Waals surface area contributed by atoms with E-state index in [1.165, 1.54) is 19.3 Å². The predicted molar refractivity (Wildman–Crippen MR) is 91.3 cm³/mol. The van der Waals surface area contributed by atoms with Crippen molar-refractivity contribution in [2.75, 3.05) is 0 Å². The van der Waals surface area contributed by atoms with Crippen LogP contribution in [-0.4, -0.2) is 11.2 Å². The van der Waals surface area contributed by atoms with Crippen molar-refractivity contribution in [3.05, 3.63) is 46.2 Å². The van der Waals surface area contributed by atoms with Gasteiger partial charge in [-0.15, -0.1) is 0 Å². The number of unbranched alkanes of at least 4 members (excludes halogenated alkanes) is 6. The Kier molecular flexibility index (Phi) is 14.5. The minimum absolute atomic E-state index is 0.275. The molecule has 0 fully saturated rings. The average Bonchev–Trinajstić information content (AvgIpc) is 2.50. The van der Waals surface area contributed by atoms with E-state index in [1.807, 2.05) is 19.1 Å². The number of hydrogen-bond acceptors (Lipinski definition) is 3. The van der Waals surface area contributed by atoms with Crippen molar-refractivity contribution in [2.45, 2.75) is 71.1 Å². The summed E-state index contributed by atoms with van der Waals surface area (Å²) < 4.78 is 0.